The van der Waals surface area contributed by atoms with E-state index in [4.69, 9.17) is 17.3 Å². The van der Waals surface area contributed by atoms with Gasteiger partial charge in [0.25, 0.3) is 0 Å². The van der Waals surface area contributed by atoms with Crippen LogP contribution in [0.25, 0.3) is 0 Å². The first kappa shape index (κ1) is 16.4. The van der Waals surface area contributed by atoms with Gasteiger partial charge in [0.1, 0.15) is 0 Å². The summed E-state index contributed by atoms with van der Waals surface area (Å²) in [5.41, 5.74) is 7.79. The summed E-state index contributed by atoms with van der Waals surface area (Å²) in [7, 11) is 0. The van der Waals surface area contributed by atoms with Crippen LogP contribution in [0.2, 0.25) is 5.02 Å². The topological polar surface area (TPSA) is 55.1 Å². The normalized spacial score (nSPS) is 33.8. The van der Waals surface area contributed by atoms with Gasteiger partial charge in [0, 0.05) is 28.9 Å². The second-order valence-electron chi connectivity index (χ2n) is 8.20. The molecule has 0 aliphatic heterocycles. The van der Waals surface area contributed by atoms with Crippen LogP contribution in [0.5, 0.6) is 0 Å². The first-order valence-electron chi connectivity index (χ1n) is 9.37. The molecule has 1 aromatic rings. The van der Waals surface area contributed by atoms with Gasteiger partial charge in [-0.1, -0.05) is 30.2 Å². The van der Waals surface area contributed by atoms with E-state index in [1.165, 1.54) is 24.8 Å². The highest BCUT2D eigenvalue weighted by Crippen LogP contribution is 2.48. The molecule has 3 aliphatic rings. The largest absolute Gasteiger partial charge is 0.355 e. The van der Waals surface area contributed by atoms with E-state index in [9.17, 15) is 4.79 Å². The van der Waals surface area contributed by atoms with E-state index in [0.29, 0.717) is 17.9 Å². The SMILES string of the molecule is NC1C2CCCC1CC(C(=O)NCC1(c3ccc(Cl)cc3)CC1)C2. The van der Waals surface area contributed by atoms with Crippen LogP contribution in [-0.2, 0) is 10.2 Å². The Labute approximate surface area is 149 Å². The van der Waals surface area contributed by atoms with Crippen LogP contribution < -0.4 is 11.1 Å². The van der Waals surface area contributed by atoms with Crippen molar-refractivity contribution in [1.82, 2.24) is 5.32 Å². The van der Waals surface area contributed by atoms with Crippen molar-refractivity contribution in [3.05, 3.63) is 34.9 Å². The van der Waals surface area contributed by atoms with Crippen molar-refractivity contribution < 1.29 is 4.79 Å². The van der Waals surface area contributed by atoms with Gasteiger partial charge in [0.05, 0.1) is 0 Å². The second kappa shape index (κ2) is 6.34. The van der Waals surface area contributed by atoms with Gasteiger partial charge in [-0.15, -0.1) is 0 Å². The zero-order valence-corrected chi connectivity index (χ0v) is 14.9. The van der Waals surface area contributed by atoms with Crippen molar-refractivity contribution in [2.45, 2.75) is 56.4 Å². The Balaban J connectivity index is 1.36. The van der Waals surface area contributed by atoms with E-state index >= 15 is 0 Å². The molecule has 3 nitrogen and oxygen atoms in total. The zero-order chi connectivity index (χ0) is 16.7. The Hall–Kier alpha value is -1.06. The highest BCUT2D eigenvalue weighted by molar-refractivity contribution is 6.30. The van der Waals surface area contributed by atoms with Crippen molar-refractivity contribution in [1.29, 1.82) is 0 Å². The lowest BCUT2D eigenvalue weighted by Crippen LogP contribution is -2.49. The summed E-state index contributed by atoms with van der Waals surface area (Å²) in [6, 6.07) is 8.42. The summed E-state index contributed by atoms with van der Waals surface area (Å²) in [5, 5.41) is 4.03. The average molecular weight is 347 g/mol. The third-order valence-electron chi connectivity index (χ3n) is 6.69. The van der Waals surface area contributed by atoms with Gasteiger partial charge >= 0.3 is 0 Å². The summed E-state index contributed by atoms with van der Waals surface area (Å²) in [5.74, 6) is 1.53. The van der Waals surface area contributed by atoms with Gasteiger partial charge in [-0.2, -0.15) is 0 Å². The van der Waals surface area contributed by atoms with Crippen molar-refractivity contribution >= 4 is 17.5 Å². The molecule has 4 heteroatoms. The quantitative estimate of drug-likeness (QED) is 0.874. The van der Waals surface area contributed by atoms with Crippen LogP contribution >= 0.6 is 11.6 Å². The molecule has 0 saturated heterocycles. The fourth-order valence-corrected chi connectivity index (χ4v) is 5.05. The van der Waals surface area contributed by atoms with E-state index in [1.54, 1.807) is 0 Å². The predicted molar refractivity (Wildman–Crippen MR) is 96.9 cm³/mol. The summed E-state index contributed by atoms with van der Waals surface area (Å²) in [4.78, 5) is 12.7. The van der Waals surface area contributed by atoms with E-state index < -0.39 is 0 Å². The first-order valence-corrected chi connectivity index (χ1v) is 9.74. The Bertz CT molecular complexity index is 597. The number of carbonyl (C=O) groups excluding carboxylic acids is 1. The van der Waals surface area contributed by atoms with Crippen molar-refractivity contribution in [2.75, 3.05) is 6.54 Å². The molecule has 0 spiro atoms. The summed E-state index contributed by atoms with van der Waals surface area (Å²) in [6.07, 6.45) is 7.96. The van der Waals surface area contributed by atoms with E-state index in [-0.39, 0.29) is 17.2 Å². The maximum atomic E-state index is 12.7. The maximum absolute atomic E-state index is 12.7. The van der Waals surface area contributed by atoms with Gasteiger partial charge in [0.15, 0.2) is 0 Å². The lowest BCUT2D eigenvalue weighted by Gasteiger charge is -2.43. The highest BCUT2D eigenvalue weighted by Gasteiger charge is 2.45. The molecule has 0 radical (unpaired) electrons. The summed E-state index contributed by atoms with van der Waals surface area (Å²) < 4.78 is 0. The molecular weight excluding hydrogens is 320 g/mol. The first-order chi connectivity index (χ1) is 11.6. The van der Waals surface area contributed by atoms with Crippen molar-refractivity contribution in [3.8, 4) is 0 Å². The van der Waals surface area contributed by atoms with Crippen LogP contribution in [0.15, 0.2) is 24.3 Å². The number of nitrogens with one attached hydrogen (secondary N) is 1. The van der Waals surface area contributed by atoms with E-state index in [1.807, 2.05) is 12.1 Å². The molecule has 2 unspecified atom stereocenters. The number of fused-ring (bicyclic) bond motifs is 2. The number of benzene rings is 1. The minimum Gasteiger partial charge on any atom is -0.355 e. The Morgan fingerprint density at radius 3 is 2.38 bits per heavy atom. The molecule has 4 rings (SSSR count). The fourth-order valence-electron chi connectivity index (χ4n) is 4.93. The lowest BCUT2D eigenvalue weighted by atomic mass is 9.65. The van der Waals surface area contributed by atoms with Crippen LogP contribution in [0.1, 0.15) is 50.5 Å². The number of nitrogens with two attached hydrogens (primary N) is 1. The molecule has 2 bridgehead atoms. The molecular formula is C20H27ClN2O. The number of halogens is 1. The van der Waals surface area contributed by atoms with Gasteiger partial charge < -0.3 is 11.1 Å². The minimum absolute atomic E-state index is 0.140. The van der Waals surface area contributed by atoms with Crippen LogP contribution in [0.4, 0.5) is 0 Å². The minimum atomic E-state index is 0.140. The number of hydrogen-bond acceptors (Lipinski definition) is 2. The molecule has 2 atom stereocenters. The van der Waals surface area contributed by atoms with Crippen molar-refractivity contribution in [3.63, 3.8) is 0 Å². The van der Waals surface area contributed by atoms with Crippen LogP contribution in [-0.4, -0.2) is 18.5 Å². The van der Waals surface area contributed by atoms with Crippen molar-refractivity contribution in [2.24, 2.45) is 23.5 Å². The lowest BCUT2D eigenvalue weighted by molar-refractivity contribution is -0.128. The molecule has 3 saturated carbocycles. The molecule has 3 aliphatic carbocycles. The molecule has 1 aromatic carbocycles. The molecule has 130 valence electrons. The number of hydrogen-bond donors (Lipinski definition) is 2. The molecule has 0 aromatic heterocycles. The van der Waals surface area contributed by atoms with Crippen LogP contribution in [0, 0.1) is 17.8 Å². The Kier molecular flexibility index (Phi) is 4.34. The maximum Gasteiger partial charge on any atom is 0.223 e. The Morgan fingerprint density at radius 1 is 1.17 bits per heavy atom. The number of carbonyl (C=O) groups is 1. The van der Waals surface area contributed by atoms with E-state index in [2.05, 4.69) is 17.4 Å². The molecule has 3 fully saturated rings. The summed E-state index contributed by atoms with van der Waals surface area (Å²) >= 11 is 5.99. The third kappa shape index (κ3) is 3.09. The monoisotopic (exact) mass is 346 g/mol. The smallest absolute Gasteiger partial charge is 0.223 e. The highest BCUT2D eigenvalue weighted by atomic mass is 35.5. The molecule has 0 heterocycles. The van der Waals surface area contributed by atoms with Crippen LogP contribution in [0.3, 0.4) is 0 Å². The van der Waals surface area contributed by atoms with Gasteiger partial charge in [-0.05, 0) is 68.1 Å². The number of amides is 1. The second-order valence-corrected chi connectivity index (χ2v) is 8.64. The average Bonchev–Trinajstić information content (AvgIpc) is 3.34. The molecule has 24 heavy (non-hydrogen) atoms. The summed E-state index contributed by atoms with van der Waals surface area (Å²) in [6.45, 7) is 0.755. The zero-order valence-electron chi connectivity index (χ0n) is 14.1. The molecule has 1 amide bonds. The third-order valence-corrected chi connectivity index (χ3v) is 6.95. The predicted octanol–water partition coefficient (Wildman–Crippen LogP) is 3.64. The van der Waals surface area contributed by atoms with E-state index in [0.717, 1.165) is 37.3 Å². The Morgan fingerprint density at radius 2 is 1.79 bits per heavy atom. The van der Waals surface area contributed by atoms with Gasteiger partial charge in [-0.25, -0.2) is 0 Å². The fraction of sp³-hybridized carbons (Fsp3) is 0.650. The molecule has 3 N–H and O–H groups in total. The standard InChI is InChI=1S/C20H27ClN2O/c21-17-6-4-16(5-7-17)20(8-9-20)12-23-19(24)15-10-13-2-1-3-14(11-15)18(13)22/h4-7,13-15,18H,1-3,8-12,22H2,(H,23,24). The van der Waals surface area contributed by atoms with Gasteiger partial charge in [0.2, 0.25) is 5.91 Å². The van der Waals surface area contributed by atoms with Gasteiger partial charge in [-0.3, -0.25) is 4.79 Å². The number of rotatable bonds is 4.